The van der Waals surface area contributed by atoms with E-state index >= 15 is 0 Å². The van der Waals surface area contributed by atoms with E-state index in [2.05, 4.69) is 13.7 Å². The molecule has 0 aliphatic carbocycles. The first kappa shape index (κ1) is 16.8. The molecule has 0 radical (unpaired) electrons. The molecule has 0 aromatic heterocycles. The van der Waals surface area contributed by atoms with Crippen LogP contribution >= 0.6 is 29.1 Å². The average Bonchev–Trinajstić information content (AvgIpc) is 2.41. The van der Waals surface area contributed by atoms with Crippen molar-refractivity contribution >= 4 is 40.4 Å². The highest BCUT2D eigenvalue weighted by molar-refractivity contribution is 8.14. The molecular weight excluding hydrogens is 296 g/mol. The fraction of sp³-hybridized carbons (Fsp3) is 0.385. The molecule has 0 spiro atoms. The van der Waals surface area contributed by atoms with Crippen LogP contribution < -0.4 is 0 Å². The molecule has 2 atom stereocenters. The van der Waals surface area contributed by atoms with E-state index in [1.165, 1.54) is 11.8 Å². The Hall–Kier alpha value is -0.270. The second kappa shape index (κ2) is 9.61. The first-order chi connectivity index (χ1) is 9.13. The zero-order chi connectivity index (χ0) is 14.1. The van der Waals surface area contributed by atoms with Crippen molar-refractivity contribution in [1.82, 2.24) is 0 Å². The lowest BCUT2D eigenvalue weighted by Crippen LogP contribution is -2.07. The number of carbonyl (C=O) groups is 1. The van der Waals surface area contributed by atoms with Crippen molar-refractivity contribution in [2.75, 3.05) is 12.4 Å². The fourth-order valence-electron chi connectivity index (χ4n) is 1.32. The SMILES string of the molecule is CC(C)OCCSC(=O)c1ccc(/C=N/PP)cc1. The van der Waals surface area contributed by atoms with Gasteiger partial charge in [-0.05, 0) is 31.5 Å². The molecule has 2 unspecified atom stereocenters. The van der Waals surface area contributed by atoms with Crippen molar-refractivity contribution in [3.05, 3.63) is 35.4 Å². The minimum Gasteiger partial charge on any atom is -0.378 e. The van der Waals surface area contributed by atoms with Gasteiger partial charge < -0.3 is 4.74 Å². The second-order valence-corrected chi connectivity index (χ2v) is 6.42. The standard InChI is InChI=1S/C13H19NO2P2S/c1-10(2)16-7-8-19-13(15)12-5-3-11(4-6-12)9-14-18-17/h3-6,9-10,18H,7-8,17H2,1-2H3/b14-9+. The van der Waals surface area contributed by atoms with E-state index in [0.29, 0.717) is 20.8 Å². The Morgan fingerprint density at radius 3 is 2.74 bits per heavy atom. The zero-order valence-corrected chi connectivity index (χ0v) is 14.1. The predicted molar refractivity (Wildman–Crippen MR) is 89.9 cm³/mol. The van der Waals surface area contributed by atoms with Crippen LogP contribution in [-0.4, -0.2) is 29.8 Å². The van der Waals surface area contributed by atoms with E-state index in [4.69, 9.17) is 4.74 Å². The van der Waals surface area contributed by atoms with Gasteiger partial charge in [0.2, 0.25) is 5.12 Å². The predicted octanol–water partition coefficient (Wildman–Crippen LogP) is 3.79. The van der Waals surface area contributed by atoms with Gasteiger partial charge in [-0.15, -0.1) is 0 Å². The van der Waals surface area contributed by atoms with Gasteiger partial charge in [0.25, 0.3) is 0 Å². The Bertz CT molecular complexity index is 421. The van der Waals surface area contributed by atoms with Gasteiger partial charge in [0.15, 0.2) is 0 Å². The molecule has 104 valence electrons. The van der Waals surface area contributed by atoms with Crippen LogP contribution in [0.4, 0.5) is 0 Å². The van der Waals surface area contributed by atoms with Crippen molar-refractivity contribution < 1.29 is 9.53 Å². The number of hydrogen-bond donors (Lipinski definition) is 0. The third-order valence-electron chi connectivity index (χ3n) is 2.20. The van der Waals surface area contributed by atoms with E-state index in [1.54, 1.807) is 0 Å². The van der Waals surface area contributed by atoms with E-state index in [-0.39, 0.29) is 11.2 Å². The molecule has 1 rings (SSSR count). The van der Waals surface area contributed by atoms with Gasteiger partial charge in [-0.2, -0.15) is 0 Å². The van der Waals surface area contributed by atoms with Crippen molar-refractivity contribution in [3.63, 3.8) is 0 Å². The lowest BCUT2D eigenvalue weighted by Gasteiger charge is -2.06. The molecule has 3 nitrogen and oxygen atoms in total. The zero-order valence-electron chi connectivity index (χ0n) is 11.1. The van der Waals surface area contributed by atoms with Gasteiger partial charge in [0.05, 0.1) is 12.7 Å². The molecule has 0 bridgehead atoms. The lowest BCUT2D eigenvalue weighted by molar-refractivity contribution is 0.0915. The van der Waals surface area contributed by atoms with Gasteiger partial charge in [-0.25, -0.2) is 0 Å². The van der Waals surface area contributed by atoms with Crippen LogP contribution in [0.5, 0.6) is 0 Å². The minimum absolute atomic E-state index is 0.0868. The van der Waals surface area contributed by atoms with Gasteiger partial charge in [0, 0.05) is 26.0 Å². The van der Waals surface area contributed by atoms with Gasteiger partial charge in [0.1, 0.15) is 0 Å². The number of rotatable bonds is 7. The number of benzene rings is 1. The van der Waals surface area contributed by atoms with E-state index in [9.17, 15) is 4.79 Å². The number of hydrogen-bond acceptors (Lipinski definition) is 4. The van der Waals surface area contributed by atoms with Gasteiger partial charge >= 0.3 is 0 Å². The molecule has 0 aliphatic heterocycles. The maximum absolute atomic E-state index is 11.9. The van der Waals surface area contributed by atoms with Gasteiger partial charge in [-0.3, -0.25) is 9.56 Å². The fourth-order valence-corrected chi connectivity index (χ4v) is 2.43. The first-order valence-electron chi connectivity index (χ1n) is 6.01. The molecule has 0 saturated carbocycles. The van der Waals surface area contributed by atoms with Crippen molar-refractivity contribution in [2.24, 2.45) is 4.76 Å². The summed E-state index contributed by atoms with van der Waals surface area (Å²) in [4.78, 5) is 11.9. The number of ether oxygens (including phenoxy) is 1. The smallest absolute Gasteiger partial charge is 0.219 e. The molecule has 19 heavy (non-hydrogen) atoms. The summed E-state index contributed by atoms with van der Waals surface area (Å²) in [5.74, 6) is 0.689. The minimum atomic E-state index is 0.0868. The van der Waals surface area contributed by atoms with E-state index in [0.717, 1.165) is 11.1 Å². The van der Waals surface area contributed by atoms with Crippen molar-refractivity contribution in [2.45, 2.75) is 20.0 Å². The number of thioether (sulfide) groups is 1. The Morgan fingerprint density at radius 2 is 2.16 bits per heavy atom. The maximum Gasteiger partial charge on any atom is 0.219 e. The molecule has 1 aromatic rings. The molecule has 0 heterocycles. The Morgan fingerprint density at radius 1 is 1.47 bits per heavy atom. The summed E-state index contributed by atoms with van der Waals surface area (Å²) in [7, 11) is 3.04. The molecule has 0 saturated heterocycles. The second-order valence-electron chi connectivity index (χ2n) is 4.06. The molecule has 1 aromatic carbocycles. The topological polar surface area (TPSA) is 38.7 Å². The highest BCUT2D eigenvalue weighted by atomic mass is 32.2. The molecule has 0 aliphatic rings. The summed E-state index contributed by atoms with van der Waals surface area (Å²) in [5.41, 5.74) is 1.74. The lowest BCUT2D eigenvalue weighted by atomic mass is 10.2. The first-order valence-corrected chi connectivity index (χ1v) is 9.75. The number of nitrogens with zero attached hydrogens (tertiary/aromatic N) is 1. The Kier molecular flexibility index (Phi) is 8.48. The molecular formula is C13H19NO2P2S. The third kappa shape index (κ3) is 7.17. The largest absolute Gasteiger partial charge is 0.378 e. The van der Waals surface area contributed by atoms with Crippen LogP contribution in [0.15, 0.2) is 29.0 Å². The van der Waals surface area contributed by atoms with Crippen LogP contribution in [0.2, 0.25) is 0 Å². The van der Waals surface area contributed by atoms with Crippen molar-refractivity contribution in [1.29, 1.82) is 0 Å². The quantitative estimate of drug-likeness (QED) is 0.436. The van der Waals surface area contributed by atoms with E-state index < -0.39 is 0 Å². The summed E-state index contributed by atoms with van der Waals surface area (Å²) in [6, 6.07) is 7.50. The summed E-state index contributed by atoms with van der Waals surface area (Å²) in [5, 5.41) is 0.0868. The van der Waals surface area contributed by atoms with Crippen LogP contribution in [-0.2, 0) is 4.74 Å². The van der Waals surface area contributed by atoms with Crippen molar-refractivity contribution in [3.8, 4) is 0 Å². The van der Waals surface area contributed by atoms with Crippen LogP contribution in [0, 0.1) is 0 Å². The van der Waals surface area contributed by atoms with Crippen LogP contribution in [0.25, 0.3) is 0 Å². The monoisotopic (exact) mass is 315 g/mol. The third-order valence-corrected chi connectivity index (χ3v) is 3.80. The summed E-state index contributed by atoms with van der Waals surface area (Å²) in [6.45, 7) is 4.58. The Labute approximate surface area is 122 Å². The highest BCUT2D eigenvalue weighted by Gasteiger charge is 2.06. The average molecular weight is 315 g/mol. The van der Waals surface area contributed by atoms with E-state index in [1.807, 2.05) is 44.3 Å². The number of carbonyl (C=O) groups excluding carboxylic acids is 1. The summed E-state index contributed by atoms with van der Waals surface area (Å²) >= 11 is 1.30. The van der Waals surface area contributed by atoms with Crippen LogP contribution in [0.3, 0.4) is 0 Å². The summed E-state index contributed by atoms with van der Waals surface area (Å²) in [6.07, 6.45) is 2.02. The Balaban J connectivity index is 2.42. The normalized spacial score (nSPS) is 12.0. The maximum atomic E-state index is 11.9. The molecule has 6 heteroatoms. The highest BCUT2D eigenvalue weighted by Crippen LogP contribution is 2.20. The molecule has 0 N–H and O–H groups in total. The van der Waals surface area contributed by atoms with Crippen LogP contribution in [0.1, 0.15) is 29.8 Å². The van der Waals surface area contributed by atoms with Gasteiger partial charge in [-0.1, -0.05) is 32.8 Å². The molecule has 0 fully saturated rings. The summed E-state index contributed by atoms with van der Waals surface area (Å²) < 4.78 is 9.55. The molecule has 0 amide bonds.